The monoisotopic (exact) mass is 176 g/mol. The Morgan fingerprint density at radius 2 is 2.33 bits per heavy atom. The number of rotatable bonds is 0. The van der Waals surface area contributed by atoms with Crippen molar-refractivity contribution in [3.63, 3.8) is 0 Å². The molecule has 3 rings (SSSR count). The third-order valence-corrected chi connectivity index (χ3v) is 2.59. The number of hydrogen-bond donors (Lipinski definition) is 0. The Bertz CT molecular complexity index is 489. The van der Waals surface area contributed by atoms with Crippen molar-refractivity contribution in [2.75, 3.05) is 0 Å². The van der Waals surface area contributed by atoms with Crippen molar-refractivity contribution in [2.45, 2.75) is 0 Å². The van der Waals surface area contributed by atoms with Crippen molar-refractivity contribution >= 4 is 27.2 Å². The van der Waals surface area contributed by atoms with E-state index in [1.165, 1.54) is 0 Å². The lowest BCUT2D eigenvalue weighted by molar-refractivity contribution is 0.876. The standard InChI is InChI=1S/C7H4N4S/c1-2-12-6-3-8-7-4-9-10-11(7)5(1)6/h1-4H. The van der Waals surface area contributed by atoms with E-state index in [0.29, 0.717) is 0 Å². The SMILES string of the molecule is c1cc2c(cnc3cnnn32)s1. The van der Waals surface area contributed by atoms with Gasteiger partial charge in [-0.3, -0.25) is 0 Å². The van der Waals surface area contributed by atoms with Crippen LogP contribution >= 0.6 is 11.3 Å². The van der Waals surface area contributed by atoms with Crippen molar-refractivity contribution in [3.8, 4) is 0 Å². The van der Waals surface area contributed by atoms with Gasteiger partial charge in [0.05, 0.1) is 16.4 Å². The van der Waals surface area contributed by atoms with Gasteiger partial charge in [-0.1, -0.05) is 5.21 Å². The molecule has 0 bridgehead atoms. The lowest BCUT2D eigenvalue weighted by Gasteiger charge is -1.91. The van der Waals surface area contributed by atoms with E-state index in [2.05, 4.69) is 15.3 Å². The molecule has 0 unspecified atom stereocenters. The molecule has 0 spiro atoms. The highest BCUT2D eigenvalue weighted by molar-refractivity contribution is 7.17. The maximum absolute atomic E-state index is 4.19. The molecule has 0 aliphatic rings. The smallest absolute Gasteiger partial charge is 0.176 e. The Hall–Kier alpha value is -1.49. The third kappa shape index (κ3) is 0.634. The largest absolute Gasteiger partial charge is 0.234 e. The molecular weight excluding hydrogens is 172 g/mol. The molecule has 0 aromatic carbocycles. The molecule has 0 radical (unpaired) electrons. The van der Waals surface area contributed by atoms with E-state index in [1.54, 1.807) is 22.0 Å². The first-order chi connectivity index (χ1) is 5.95. The maximum atomic E-state index is 4.19. The fourth-order valence-corrected chi connectivity index (χ4v) is 1.93. The molecule has 12 heavy (non-hydrogen) atoms. The van der Waals surface area contributed by atoms with Gasteiger partial charge in [0.15, 0.2) is 5.65 Å². The van der Waals surface area contributed by atoms with Gasteiger partial charge in [-0.15, -0.1) is 16.4 Å². The zero-order chi connectivity index (χ0) is 7.97. The highest BCUT2D eigenvalue weighted by Gasteiger charge is 2.01. The lowest BCUT2D eigenvalue weighted by atomic mass is 10.5. The molecule has 5 heteroatoms. The van der Waals surface area contributed by atoms with Crippen LogP contribution in [0.1, 0.15) is 0 Å². The molecule has 4 nitrogen and oxygen atoms in total. The van der Waals surface area contributed by atoms with Crippen molar-refractivity contribution in [2.24, 2.45) is 0 Å². The van der Waals surface area contributed by atoms with Gasteiger partial charge in [-0.25, -0.2) is 4.98 Å². The Labute approximate surface area is 71.5 Å². The summed E-state index contributed by atoms with van der Waals surface area (Å²) < 4.78 is 2.87. The molecule has 58 valence electrons. The van der Waals surface area contributed by atoms with Gasteiger partial charge in [0.25, 0.3) is 0 Å². The molecule has 3 aromatic rings. The molecule has 0 aliphatic heterocycles. The molecular formula is C7H4N4S. The zero-order valence-electron chi connectivity index (χ0n) is 6.01. The quantitative estimate of drug-likeness (QED) is 0.519. The van der Waals surface area contributed by atoms with Gasteiger partial charge in [-0.05, 0) is 11.4 Å². The highest BCUT2D eigenvalue weighted by Crippen LogP contribution is 2.19. The van der Waals surface area contributed by atoms with Crippen LogP contribution in [0.15, 0.2) is 23.8 Å². The van der Waals surface area contributed by atoms with Crippen LogP contribution in [0.5, 0.6) is 0 Å². The fourth-order valence-electron chi connectivity index (χ4n) is 1.20. The van der Waals surface area contributed by atoms with E-state index in [-0.39, 0.29) is 0 Å². The van der Waals surface area contributed by atoms with E-state index < -0.39 is 0 Å². The van der Waals surface area contributed by atoms with Crippen LogP contribution in [0.4, 0.5) is 0 Å². The number of thiophene rings is 1. The van der Waals surface area contributed by atoms with Crippen LogP contribution < -0.4 is 0 Å². The summed E-state index contributed by atoms with van der Waals surface area (Å²) in [6.07, 6.45) is 3.50. The number of aromatic nitrogens is 4. The van der Waals surface area contributed by atoms with E-state index in [1.807, 2.05) is 17.6 Å². The maximum Gasteiger partial charge on any atom is 0.176 e. The van der Waals surface area contributed by atoms with Gasteiger partial charge < -0.3 is 0 Å². The average Bonchev–Trinajstić information content (AvgIpc) is 2.71. The first-order valence-corrected chi connectivity index (χ1v) is 4.36. The van der Waals surface area contributed by atoms with Gasteiger partial charge in [0.2, 0.25) is 0 Å². The van der Waals surface area contributed by atoms with Crippen LogP contribution in [-0.2, 0) is 0 Å². The third-order valence-electron chi connectivity index (χ3n) is 1.75. The Morgan fingerprint density at radius 1 is 1.33 bits per heavy atom. The molecule has 3 aromatic heterocycles. The predicted octanol–water partition coefficient (Wildman–Crippen LogP) is 1.34. The van der Waals surface area contributed by atoms with E-state index in [4.69, 9.17) is 0 Å². The zero-order valence-corrected chi connectivity index (χ0v) is 6.82. The minimum Gasteiger partial charge on any atom is -0.234 e. The summed E-state index contributed by atoms with van der Waals surface area (Å²) >= 11 is 1.65. The fraction of sp³-hybridized carbons (Fsp3) is 0. The topological polar surface area (TPSA) is 43.1 Å². The van der Waals surface area contributed by atoms with Gasteiger partial charge in [-0.2, -0.15) is 4.52 Å². The Kier molecular flexibility index (Phi) is 1.02. The second-order valence-electron chi connectivity index (χ2n) is 2.43. The summed E-state index contributed by atoms with van der Waals surface area (Å²) in [5.41, 5.74) is 1.86. The lowest BCUT2D eigenvalue weighted by Crippen LogP contribution is -1.89. The number of fused-ring (bicyclic) bond motifs is 3. The minimum absolute atomic E-state index is 0.793. The van der Waals surface area contributed by atoms with Gasteiger partial charge >= 0.3 is 0 Å². The number of nitrogens with zero attached hydrogens (tertiary/aromatic N) is 4. The minimum atomic E-state index is 0.793. The van der Waals surface area contributed by atoms with Crippen LogP contribution in [0, 0.1) is 0 Å². The number of hydrogen-bond acceptors (Lipinski definition) is 4. The first-order valence-electron chi connectivity index (χ1n) is 3.48. The predicted molar refractivity (Wildman–Crippen MR) is 46.2 cm³/mol. The molecule has 0 N–H and O–H groups in total. The molecule has 3 heterocycles. The van der Waals surface area contributed by atoms with Crippen molar-refractivity contribution in [1.29, 1.82) is 0 Å². The molecule has 0 aliphatic carbocycles. The molecule has 0 atom stereocenters. The summed E-state index contributed by atoms with van der Waals surface area (Å²) in [6.45, 7) is 0. The van der Waals surface area contributed by atoms with Gasteiger partial charge in [0, 0.05) is 6.20 Å². The summed E-state index contributed by atoms with van der Waals surface area (Å²) in [6, 6.07) is 2.02. The van der Waals surface area contributed by atoms with Crippen LogP contribution in [-0.4, -0.2) is 19.8 Å². The molecule has 0 fully saturated rings. The van der Waals surface area contributed by atoms with Crippen molar-refractivity contribution in [1.82, 2.24) is 19.8 Å². The molecule has 0 saturated carbocycles. The Balaban J connectivity index is 2.71. The second kappa shape index (κ2) is 2.01. The Morgan fingerprint density at radius 3 is 3.33 bits per heavy atom. The van der Waals surface area contributed by atoms with Crippen molar-refractivity contribution < 1.29 is 0 Å². The highest BCUT2D eigenvalue weighted by atomic mass is 32.1. The normalized spacial score (nSPS) is 11.3. The van der Waals surface area contributed by atoms with Crippen molar-refractivity contribution in [3.05, 3.63) is 23.8 Å². The van der Waals surface area contributed by atoms with Gasteiger partial charge in [0.1, 0.15) is 0 Å². The van der Waals surface area contributed by atoms with E-state index in [0.717, 1.165) is 15.9 Å². The molecule has 0 saturated heterocycles. The van der Waals surface area contributed by atoms with E-state index >= 15 is 0 Å². The first kappa shape index (κ1) is 6.07. The summed E-state index contributed by atoms with van der Waals surface area (Å²) in [4.78, 5) is 4.19. The second-order valence-corrected chi connectivity index (χ2v) is 3.38. The van der Waals surface area contributed by atoms with Crippen LogP contribution in [0.25, 0.3) is 15.9 Å². The molecule has 0 amide bonds. The van der Waals surface area contributed by atoms with Crippen LogP contribution in [0.3, 0.4) is 0 Å². The summed E-state index contributed by atoms with van der Waals surface area (Å²) in [7, 11) is 0. The average molecular weight is 176 g/mol. The van der Waals surface area contributed by atoms with E-state index in [9.17, 15) is 0 Å². The summed E-state index contributed by atoms with van der Waals surface area (Å²) in [5.74, 6) is 0. The van der Waals surface area contributed by atoms with Crippen LogP contribution in [0.2, 0.25) is 0 Å². The summed E-state index contributed by atoms with van der Waals surface area (Å²) in [5, 5.41) is 9.74.